The summed E-state index contributed by atoms with van der Waals surface area (Å²) in [5.41, 5.74) is 0. The molecular formula is C2CuFeMnN2. The van der Waals surface area contributed by atoms with Gasteiger partial charge in [-0.2, -0.15) is 0 Å². The average Bonchev–Trinajstić information content (AvgIpc) is 1.50. The fourth-order valence-corrected chi connectivity index (χ4v) is 0. The second-order valence-corrected chi connectivity index (χ2v) is 0. The maximum absolute atomic E-state index is 6.25. The summed E-state index contributed by atoms with van der Waals surface area (Å²) >= 11 is 0. The molecule has 0 spiro atoms. The van der Waals surface area contributed by atoms with Crippen LogP contribution in [-0.4, -0.2) is 0 Å². The van der Waals surface area contributed by atoms with Crippen LogP contribution in [-0.2, 0) is 51.2 Å². The summed E-state index contributed by atoms with van der Waals surface area (Å²) < 4.78 is 0. The summed E-state index contributed by atoms with van der Waals surface area (Å²) in [6.07, 6.45) is 0. The Morgan fingerprint density at radius 3 is 0.857 bits per heavy atom. The van der Waals surface area contributed by atoms with Crippen LogP contribution in [0.15, 0.2) is 0 Å². The largest absolute Gasteiger partial charge is 2.00 e. The molecule has 2 radical (unpaired) electrons. The maximum Gasteiger partial charge on any atom is 2.00 e. The van der Waals surface area contributed by atoms with E-state index in [0.29, 0.717) is 0 Å². The summed E-state index contributed by atoms with van der Waals surface area (Å²) in [6.45, 7) is 9.50. The quantitative estimate of drug-likeness (QED) is 0.437. The van der Waals surface area contributed by atoms with Gasteiger partial charge in [0.2, 0.25) is 0 Å². The third-order valence-electron chi connectivity index (χ3n) is 0. The van der Waals surface area contributed by atoms with Crippen molar-refractivity contribution in [1.82, 2.24) is 0 Å². The first kappa shape index (κ1) is 50.0. The zero-order valence-electron chi connectivity index (χ0n) is 2.93. The Labute approximate surface area is 74.7 Å². The third kappa shape index (κ3) is 465. The molecule has 5 heteroatoms. The average molecular weight is 226 g/mol. The summed E-state index contributed by atoms with van der Waals surface area (Å²) in [5.74, 6) is 0. The van der Waals surface area contributed by atoms with E-state index in [2.05, 4.69) is 0 Å². The Kier molecular flexibility index (Phi) is 4940. The van der Waals surface area contributed by atoms with Crippen molar-refractivity contribution >= 4 is 0 Å². The van der Waals surface area contributed by atoms with Crippen LogP contribution in [0.2, 0.25) is 0 Å². The standard InChI is InChI=1S/2CN.Cu.Fe.Mn/c2*1-2;;;/q2*-1;;+2;. The van der Waals surface area contributed by atoms with Crippen LogP contribution in [0.25, 0.3) is 0 Å². The SMILES string of the molecule is [C-]#N.[C-]#N.[Cu].[Fe+2].[Mn]. The number of nitrogens with zero attached hydrogens (tertiary/aromatic N) is 2. The van der Waals surface area contributed by atoms with Gasteiger partial charge in [0.25, 0.3) is 0 Å². The van der Waals surface area contributed by atoms with Gasteiger partial charge < -0.3 is 23.7 Å². The van der Waals surface area contributed by atoms with Gasteiger partial charge in [0, 0.05) is 34.1 Å². The summed E-state index contributed by atoms with van der Waals surface area (Å²) in [6, 6.07) is 0. The van der Waals surface area contributed by atoms with Crippen molar-refractivity contribution in [3.63, 3.8) is 0 Å². The van der Waals surface area contributed by atoms with Gasteiger partial charge >= 0.3 is 17.1 Å². The summed E-state index contributed by atoms with van der Waals surface area (Å²) in [7, 11) is 0. The first-order valence-corrected chi connectivity index (χ1v) is 0.447. The van der Waals surface area contributed by atoms with Gasteiger partial charge in [-0.1, -0.05) is 0 Å². The molecule has 0 bridgehead atoms. The molecule has 0 aromatic heterocycles. The molecule has 0 aliphatic rings. The Hall–Kier alpha value is 0.538. The van der Waals surface area contributed by atoms with Crippen LogP contribution >= 0.6 is 0 Å². The Morgan fingerprint density at radius 1 is 0.857 bits per heavy atom. The second kappa shape index (κ2) is 692. The fraction of sp³-hybridized carbons (Fsp3) is 0. The molecule has 44 valence electrons. The molecule has 0 amide bonds. The molecule has 0 N–H and O–H groups in total. The van der Waals surface area contributed by atoms with Crippen molar-refractivity contribution in [2.75, 3.05) is 0 Å². The van der Waals surface area contributed by atoms with Gasteiger partial charge in [0.1, 0.15) is 0 Å². The van der Waals surface area contributed by atoms with Crippen molar-refractivity contribution in [2.24, 2.45) is 0 Å². The minimum absolute atomic E-state index is 0. The third-order valence-corrected chi connectivity index (χ3v) is 0. The second-order valence-electron chi connectivity index (χ2n) is 0. The molecule has 0 heterocycles. The molecule has 0 unspecified atom stereocenters. The maximum atomic E-state index is 6.25. The predicted molar refractivity (Wildman–Crippen MR) is 9.94 cm³/mol. The fourth-order valence-electron chi connectivity index (χ4n) is 0. The van der Waals surface area contributed by atoms with Crippen LogP contribution in [0.1, 0.15) is 0 Å². The molecule has 2 nitrogen and oxygen atoms in total. The summed E-state index contributed by atoms with van der Waals surface area (Å²) in [5, 5.41) is 12.5. The number of rotatable bonds is 0. The van der Waals surface area contributed by atoms with Crippen LogP contribution in [0.3, 0.4) is 0 Å². The molecule has 0 aromatic rings. The molecule has 0 saturated heterocycles. The molecule has 0 atom stereocenters. The predicted octanol–water partition coefficient (Wildman–Crippen LogP) is 0.185. The zero-order valence-corrected chi connectivity index (χ0v) is 6.15. The van der Waals surface area contributed by atoms with Crippen LogP contribution in [0, 0.1) is 23.7 Å². The van der Waals surface area contributed by atoms with Crippen molar-refractivity contribution < 1.29 is 51.2 Å². The number of hydrogen-bond donors (Lipinski definition) is 0. The van der Waals surface area contributed by atoms with Gasteiger partial charge in [0.05, 0.1) is 0 Å². The van der Waals surface area contributed by atoms with Gasteiger partial charge in [-0.05, 0) is 0 Å². The normalized spacial score (nSPS) is 0.571. The smallest absolute Gasteiger partial charge is 0.512 e. The minimum atomic E-state index is 0. The van der Waals surface area contributed by atoms with Crippen molar-refractivity contribution in [3.8, 4) is 0 Å². The topological polar surface area (TPSA) is 47.6 Å². The van der Waals surface area contributed by atoms with Crippen LogP contribution in [0.5, 0.6) is 0 Å². The van der Waals surface area contributed by atoms with E-state index in [4.69, 9.17) is 23.7 Å². The van der Waals surface area contributed by atoms with E-state index in [-0.39, 0.29) is 51.2 Å². The van der Waals surface area contributed by atoms with Gasteiger partial charge in [-0.25, -0.2) is 0 Å². The molecule has 7 heavy (non-hydrogen) atoms. The van der Waals surface area contributed by atoms with Gasteiger partial charge in [0.15, 0.2) is 0 Å². The molecular weight excluding hydrogens is 226 g/mol. The minimum Gasteiger partial charge on any atom is -0.512 e. The molecule has 0 fully saturated rings. The molecule has 0 aliphatic carbocycles. The van der Waals surface area contributed by atoms with Crippen molar-refractivity contribution in [3.05, 3.63) is 13.1 Å². The van der Waals surface area contributed by atoms with Crippen LogP contribution in [0.4, 0.5) is 0 Å². The van der Waals surface area contributed by atoms with Gasteiger partial charge in [-0.15, -0.1) is 0 Å². The molecule has 0 aliphatic heterocycles. The van der Waals surface area contributed by atoms with E-state index in [0.717, 1.165) is 0 Å². The first-order valence-electron chi connectivity index (χ1n) is 0.447. The number of hydrogen-bond acceptors (Lipinski definition) is 2. The summed E-state index contributed by atoms with van der Waals surface area (Å²) in [4.78, 5) is 0. The zero-order chi connectivity index (χ0) is 4.00. The van der Waals surface area contributed by atoms with E-state index in [1.165, 1.54) is 0 Å². The van der Waals surface area contributed by atoms with Gasteiger partial charge in [-0.3, -0.25) is 0 Å². The molecule has 0 saturated carbocycles. The molecule has 0 aromatic carbocycles. The van der Waals surface area contributed by atoms with E-state index >= 15 is 0 Å². The molecule has 0 rings (SSSR count). The monoisotopic (exact) mass is 226 g/mol. The van der Waals surface area contributed by atoms with E-state index in [9.17, 15) is 0 Å². The van der Waals surface area contributed by atoms with E-state index in [1.54, 1.807) is 0 Å². The Bertz CT molecular complexity index is 31.2. The van der Waals surface area contributed by atoms with E-state index in [1.807, 2.05) is 0 Å². The van der Waals surface area contributed by atoms with Crippen molar-refractivity contribution in [2.45, 2.75) is 0 Å². The Balaban J connectivity index is -0.00000000267. The first-order chi connectivity index (χ1) is 2.00. The van der Waals surface area contributed by atoms with Crippen LogP contribution < -0.4 is 0 Å². The van der Waals surface area contributed by atoms with E-state index < -0.39 is 0 Å². The van der Waals surface area contributed by atoms with Crippen molar-refractivity contribution in [1.29, 1.82) is 10.5 Å². The Morgan fingerprint density at radius 2 is 0.857 bits per heavy atom.